The van der Waals surface area contributed by atoms with Crippen LogP contribution in [-0.4, -0.2) is 20.9 Å². The lowest BCUT2D eigenvalue weighted by atomic mass is 9.92. The van der Waals surface area contributed by atoms with Crippen molar-refractivity contribution in [1.82, 2.24) is 9.38 Å². The number of fused-ring (bicyclic) bond motifs is 1. The van der Waals surface area contributed by atoms with E-state index in [1.54, 1.807) is 11.6 Å². The maximum Gasteiger partial charge on any atom is 0.372 e. The van der Waals surface area contributed by atoms with Gasteiger partial charge >= 0.3 is 5.82 Å². The molecular formula is C12H16N4O2S. The van der Waals surface area contributed by atoms with Gasteiger partial charge in [0.05, 0.1) is 0 Å². The summed E-state index contributed by atoms with van der Waals surface area (Å²) < 4.78 is 1.53. The fraction of sp³-hybridized carbons (Fsp3) is 0.583. The number of nitro groups is 1. The lowest BCUT2D eigenvalue weighted by Gasteiger charge is -2.19. The molecule has 19 heavy (non-hydrogen) atoms. The van der Waals surface area contributed by atoms with Crippen LogP contribution in [0.1, 0.15) is 26.7 Å². The maximum atomic E-state index is 11.2. The molecule has 1 saturated carbocycles. The zero-order chi connectivity index (χ0) is 13.6. The molecule has 0 radical (unpaired) electrons. The minimum absolute atomic E-state index is 0.0378. The average Bonchev–Trinajstić information content (AvgIpc) is 2.87. The van der Waals surface area contributed by atoms with Crippen molar-refractivity contribution in [2.24, 2.45) is 11.3 Å². The monoisotopic (exact) mass is 280 g/mol. The zero-order valence-corrected chi connectivity index (χ0v) is 11.7. The summed E-state index contributed by atoms with van der Waals surface area (Å²) in [6, 6.07) is 0. The van der Waals surface area contributed by atoms with Crippen LogP contribution in [-0.2, 0) is 0 Å². The number of nitrogens with one attached hydrogen (secondary N) is 1. The van der Waals surface area contributed by atoms with E-state index in [1.807, 2.05) is 0 Å². The quantitative estimate of drug-likeness (QED) is 0.674. The molecule has 1 N–H and O–H groups in total. The lowest BCUT2D eigenvalue weighted by molar-refractivity contribution is -0.389. The van der Waals surface area contributed by atoms with Crippen molar-refractivity contribution in [1.29, 1.82) is 0 Å². The number of aromatic nitrogens is 2. The van der Waals surface area contributed by atoms with Gasteiger partial charge in [-0.05, 0) is 29.1 Å². The van der Waals surface area contributed by atoms with Crippen LogP contribution in [0, 0.1) is 21.4 Å². The molecule has 1 fully saturated rings. The van der Waals surface area contributed by atoms with Crippen molar-refractivity contribution in [3.8, 4) is 0 Å². The van der Waals surface area contributed by atoms with E-state index in [-0.39, 0.29) is 10.7 Å². The van der Waals surface area contributed by atoms with Gasteiger partial charge in [0.1, 0.15) is 6.20 Å². The van der Waals surface area contributed by atoms with Crippen LogP contribution in [0.4, 0.5) is 11.6 Å². The first-order valence-corrected chi connectivity index (χ1v) is 7.25. The topological polar surface area (TPSA) is 72.5 Å². The van der Waals surface area contributed by atoms with E-state index < -0.39 is 0 Å². The van der Waals surface area contributed by atoms with E-state index in [0.717, 1.165) is 6.54 Å². The largest absolute Gasteiger partial charge is 0.372 e. The van der Waals surface area contributed by atoms with Crippen LogP contribution in [0.15, 0.2) is 11.6 Å². The van der Waals surface area contributed by atoms with Gasteiger partial charge in [-0.3, -0.25) is 0 Å². The smallest absolute Gasteiger partial charge is 0.362 e. The highest BCUT2D eigenvalue weighted by Gasteiger charge is 2.45. The lowest BCUT2D eigenvalue weighted by Crippen LogP contribution is -2.21. The van der Waals surface area contributed by atoms with Gasteiger partial charge in [0.25, 0.3) is 4.96 Å². The highest BCUT2D eigenvalue weighted by atomic mass is 32.1. The van der Waals surface area contributed by atoms with Crippen LogP contribution in [0.3, 0.4) is 0 Å². The second-order valence-electron chi connectivity index (χ2n) is 5.47. The number of nitrogens with zero attached hydrogens (tertiary/aromatic N) is 3. The Bertz CT molecular complexity index is 627. The second kappa shape index (κ2) is 4.19. The van der Waals surface area contributed by atoms with E-state index in [9.17, 15) is 10.1 Å². The summed E-state index contributed by atoms with van der Waals surface area (Å²) in [5.41, 5.74) is 0.297. The Morgan fingerprint density at radius 1 is 1.63 bits per heavy atom. The average molecular weight is 280 g/mol. The first-order valence-electron chi connectivity index (χ1n) is 6.37. The van der Waals surface area contributed by atoms with Crippen molar-refractivity contribution in [2.75, 3.05) is 11.9 Å². The van der Waals surface area contributed by atoms with Gasteiger partial charge in [0.15, 0.2) is 0 Å². The SMILES string of the molecule is CC(C)C1(CNc2nc3sccn3c2[N+](=O)[O-])CC1. The molecule has 0 saturated heterocycles. The summed E-state index contributed by atoms with van der Waals surface area (Å²) in [5.74, 6) is 1.02. The Hall–Kier alpha value is -1.63. The fourth-order valence-corrected chi connectivity index (χ4v) is 3.15. The molecule has 0 aliphatic heterocycles. The third kappa shape index (κ3) is 1.98. The highest BCUT2D eigenvalue weighted by Crippen LogP contribution is 2.51. The van der Waals surface area contributed by atoms with Crippen LogP contribution in [0.5, 0.6) is 0 Å². The Kier molecular flexibility index (Phi) is 2.74. The molecule has 2 heterocycles. The number of anilines is 1. The van der Waals surface area contributed by atoms with E-state index in [4.69, 9.17) is 0 Å². The van der Waals surface area contributed by atoms with Gasteiger partial charge in [-0.1, -0.05) is 25.2 Å². The van der Waals surface area contributed by atoms with Gasteiger partial charge < -0.3 is 15.4 Å². The molecule has 3 rings (SSSR count). The summed E-state index contributed by atoms with van der Waals surface area (Å²) in [6.07, 6.45) is 4.06. The van der Waals surface area contributed by atoms with Gasteiger partial charge in [-0.25, -0.2) is 0 Å². The fourth-order valence-electron chi connectivity index (χ4n) is 2.45. The highest BCUT2D eigenvalue weighted by molar-refractivity contribution is 7.15. The van der Waals surface area contributed by atoms with Crippen LogP contribution >= 0.6 is 11.3 Å². The molecule has 0 bridgehead atoms. The number of hydrogen-bond donors (Lipinski definition) is 1. The number of imidazole rings is 1. The molecule has 102 valence electrons. The van der Waals surface area contributed by atoms with Gasteiger partial charge in [-0.15, -0.1) is 0 Å². The summed E-state index contributed by atoms with van der Waals surface area (Å²) in [5, 5.41) is 16.2. The van der Waals surface area contributed by atoms with Gasteiger partial charge in [0.2, 0.25) is 5.82 Å². The van der Waals surface area contributed by atoms with Crippen molar-refractivity contribution in [3.63, 3.8) is 0 Å². The van der Waals surface area contributed by atoms with Crippen LogP contribution in [0.2, 0.25) is 0 Å². The van der Waals surface area contributed by atoms with E-state index in [0.29, 0.717) is 22.1 Å². The molecule has 0 spiro atoms. The molecule has 6 nitrogen and oxygen atoms in total. The van der Waals surface area contributed by atoms with E-state index >= 15 is 0 Å². The third-order valence-corrected chi connectivity index (χ3v) is 4.89. The predicted octanol–water partition coefficient (Wildman–Crippen LogP) is 3.15. The Balaban J connectivity index is 1.86. The second-order valence-corrected chi connectivity index (χ2v) is 6.34. The molecule has 0 aromatic carbocycles. The van der Waals surface area contributed by atoms with E-state index in [2.05, 4.69) is 24.1 Å². The van der Waals surface area contributed by atoms with Crippen molar-refractivity contribution >= 4 is 27.9 Å². The Morgan fingerprint density at radius 2 is 2.37 bits per heavy atom. The first-order chi connectivity index (χ1) is 9.03. The molecule has 2 aromatic rings. The molecule has 2 aromatic heterocycles. The molecule has 0 amide bonds. The van der Waals surface area contributed by atoms with Crippen LogP contribution in [0.25, 0.3) is 4.96 Å². The summed E-state index contributed by atoms with van der Waals surface area (Å²) in [6.45, 7) is 5.17. The predicted molar refractivity (Wildman–Crippen MR) is 74.7 cm³/mol. The molecule has 1 aliphatic rings. The summed E-state index contributed by atoms with van der Waals surface area (Å²) in [4.78, 5) is 15.8. The molecule has 1 aliphatic carbocycles. The van der Waals surface area contributed by atoms with Gasteiger partial charge in [0, 0.05) is 11.9 Å². The van der Waals surface area contributed by atoms with E-state index in [1.165, 1.54) is 28.6 Å². The minimum Gasteiger partial charge on any atom is -0.362 e. The van der Waals surface area contributed by atoms with Crippen molar-refractivity contribution in [2.45, 2.75) is 26.7 Å². The molecule has 0 unspecified atom stereocenters. The summed E-state index contributed by atoms with van der Waals surface area (Å²) >= 11 is 1.40. The maximum absolute atomic E-state index is 11.2. The Labute approximate surface area is 114 Å². The summed E-state index contributed by atoms with van der Waals surface area (Å²) in [7, 11) is 0. The molecule has 0 atom stereocenters. The number of rotatable bonds is 5. The number of hydrogen-bond acceptors (Lipinski definition) is 5. The first kappa shape index (κ1) is 12.4. The van der Waals surface area contributed by atoms with Crippen molar-refractivity contribution in [3.05, 3.63) is 21.7 Å². The van der Waals surface area contributed by atoms with Gasteiger partial charge in [-0.2, -0.15) is 9.38 Å². The standard InChI is InChI=1S/C12H16N4O2S/c1-8(2)12(3-4-12)7-13-9-10(16(17)18)15-5-6-19-11(15)14-9/h5-6,8,13H,3-4,7H2,1-2H3. The normalized spacial score (nSPS) is 17.0. The molecule has 7 heteroatoms. The minimum atomic E-state index is -0.371. The molecular weight excluding hydrogens is 264 g/mol. The Morgan fingerprint density at radius 3 is 2.95 bits per heavy atom. The number of thiazole rings is 1. The van der Waals surface area contributed by atoms with Crippen molar-refractivity contribution < 1.29 is 4.92 Å². The van der Waals surface area contributed by atoms with Crippen LogP contribution < -0.4 is 5.32 Å². The zero-order valence-electron chi connectivity index (χ0n) is 10.9. The third-order valence-electron chi connectivity index (χ3n) is 4.13.